The van der Waals surface area contributed by atoms with Crippen LogP contribution in [-0.2, 0) is 4.74 Å². The van der Waals surface area contributed by atoms with Crippen LogP contribution in [0.4, 0.5) is 0 Å². The first-order valence-corrected chi connectivity index (χ1v) is 6.17. The Kier molecular flexibility index (Phi) is 3.79. The predicted molar refractivity (Wildman–Crippen MR) is 60.9 cm³/mol. The summed E-state index contributed by atoms with van der Waals surface area (Å²) >= 11 is 1.53. The maximum Gasteiger partial charge on any atom is 0.338 e. The summed E-state index contributed by atoms with van der Waals surface area (Å²) in [4.78, 5) is 15.5. The molecule has 1 fully saturated rings. The molecule has 0 bridgehead atoms. The largest absolute Gasteiger partial charge is 0.478 e. The number of carboxylic acids is 1. The Bertz CT molecular complexity index is 377. The van der Waals surface area contributed by atoms with E-state index in [-0.39, 0.29) is 11.7 Å². The van der Waals surface area contributed by atoms with E-state index in [1.807, 2.05) is 0 Å². The number of thioether (sulfide) groups is 1. The summed E-state index contributed by atoms with van der Waals surface area (Å²) in [6, 6.07) is 1.74. The van der Waals surface area contributed by atoms with Crippen LogP contribution in [0.3, 0.4) is 0 Å². The summed E-state index contributed by atoms with van der Waals surface area (Å²) in [5.74, 6) is -0.118. The molecular weight excluding hydrogens is 226 g/mol. The lowest BCUT2D eigenvalue weighted by Crippen LogP contribution is -2.08. The second kappa shape index (κ2) is 5.32. The predicted octanol–water partition coefficient (Wildman–Crippen LogP) is 2.05. The summed E-state index contributed by atoms with van der Waals surface area (Å²) in [6.07, 6.45) is 5.44. The van der Waals surface area contributed by atoms with Gasteiger partial charge >= 0.3 is 5.97 Å². The van der Waals surface area contributed by atoms with Crippen molar-refractivity contribution in [1.82, 2.24) is 4.98 Å². The van der Waals surface area contributed by atoms with E-state index in [0.29, 0.717) is 0 Å². The number of ether oxygens (including phenoxy) is 1. The molecule has 4 nitrogen and oxygen atoms in total. The van der Waals surface area contributed by atoms with Crippen molar-refractivity contribution in [2.24, 2.45) is 0 Å². The molecule has 0 radical (unpaired) electrons. The van der Waals surface area contributed by atoms with Crippen LogP contribution in [0.2, 0.25) is 0 Å². The van der Waals surface area contributed by atoms with Gasteiger partial charge in [-0.2, -0.15) is 0 Å². The molecule has 16 heavy (non-hydrogen) atoms. The molecule has 5 heteroatoms. The molecule has 1 atom stereocenters. The molecule has 1 unspecified atom stereocenters. The zero-order chi connectivity index (χ0) is 11.4. The fourth-order valence-corrected chi connectivity index (χ4v) is 2.71. The third kappa shape index (κ3) is 2.74. The van der Waals surface area contributed by atoms with Gasteiger partial charge in [-0.1, -0.05) is 0 Å². The van der Waals surface area contributed by atoms with E-state index in [4.69, 9.17) is 9.84 Å². The van der Waals surface area contributed by atoms with E-state index in [1.54, 1.807) is 12.3 Å². The van der Waals surface area contributed by atoms with Crippen molar-refractivity contribution < 1.29 is 14.6 Å². The van der Waals surface area contributed by atoms with Crippen molar-refractivity contribution in [3.05, 3.63) is 24.0 Å². The van der Waals surface area contributed by atoms with E-state index in [0.717, 1.165) is 30.1 Å². The van der Waals surface area contributed by atoms with Crippen molar-refractivity contribution in [2.75, 3.05) is 12.4 Å². The monoisotopic (exact) mass is 239 g/mol. The highest BCUT2D eigenvalue weighted by atomic mass is 32.2. The minimum atomic E-state index is -0.928. The van der Waals surface area contributed by atoms with Gasteiger partial charge in [-0.15, -0.1) is 11.8 Å². The quantitative estimate of drug-likeness (QED) is 0.815. The normalized spacial score (nSPS) is 19.9. The molecular formula is C11H13NO3S. The van der Waals surface area contributed by atoms with Gasteiger partial charge in [0.05, 0.1) is 11.7 Å². The van der Waals surface area contributed by atoms with Crippen molar-refractivity contribution >= 4 is 17.7 Å². The molecule has 1 aliphatic rings. The highest BCUT2D eigenvalue weighted by molar-refractivity contribution is 7.99. The molecule has 2 rings (SSSR count). The van der Waals surface area contributed by atoms with E-state index in [9.17, 15) is 4.79 Å². The lowest BCUT2D eigenvalue weighted by atomic mass is 10.3. The highest BCUT2D eigenvalue weighted by Crippen LogP contribution is 2.26. The second-order valence-electron chi connectivity index (χ2n) is 3.62. The van der Waals surface area contributed by atoms with Gasteiger partial charge < -0.3 is 9.84 Å². The van der Waals surface area contributed by atoms with E-state index in [2.05, 4.69) is 4.98 Å². The minimum absolute atomic E-state index is 0.264. The van der Waals surface area contributed by atoms with Crippen LogP contribution in [0.15, 0.2) is 23.4 Å². The lowest BCUT2D eigenvalue weighted by Gasteiger charge is -2.09. The van der Waals surface area contributed by atoms with Gasteiger partial charge in [0.25, 0.3) is 0 Å². The number of hydrogen-bond acceptors (Lipinski definition) is 4. The number of aromatic nitrogens is 1. The number of rotatable bonds is 4. The number of carbonyl (C=O) groups is 1. The maximum atomic E-state index is 10.9. The van der Waals surface area contributed by atoms with Gasteiger partial charge in [-0.3, -0.25) is 4.98 Å². The summed E-state index contributed by atoms with van der Waals surface area (Å²) in [6.45, 7) is 0.827. The first-order valence-electron chi connectivity index (χ1n) is 5.19. The molecule has 1 aromatic rings. The van der Waals surface area contributed by atoms with Crippen LogP contribution < -0.4 is 0 Å². The molecule has 1 saturated heterocycles. The zero-order valence-corrected chi connectivity index (χ0v) is 9.57. The second-order valence-corrected chi connectivity index (χ2v) is 4.68. The van der Waals surface area contributed by atoms with Gasteiger partial charge in [-0.25, -0.2) is 4.79 Å². The minimum Gasteiger partial charge on any atom is -0.478 e. The van der Waals surface area contributed by atoms with Crippen molar-refractivity contribution in [2.45, 2.75) is 23.8 Å². The van der Waals surface area contributed by atoms with Gasteiger partial charge in [0.1, 0.15) is 0 Å². The van der Waals surface area contributed by atoms with Crippen LogP contribution >= 0.6 is 11.8 Å². The number of aromatic carboxylic acids is 1. The van der Waals surface area contributed by atoms with Gasteiger partial charge in [0.15, 0.2) is 0 Å². The van der Waals surface area contributed by atoms with Gasteiger partial charge in [0.2, 0.25) is 0 Å². The Labute approximate surface area is 98.0 Å². The first kappa shape index (κ1) is 11.4. The summed E-state index contributed by atoms with van der Waals surface area (Å²) in [7, 11) is 0. The number of pyridine rings is 1. The number of carboxylic acid groups (broad SMARTS) is 1. The van der Waals surface area contributed by atoms with E-state index in [1.165, 1.54) is 18.0 Å². The Morgan fingerprint density at radius 2 is 2.56 bits per heavy atom. The van der Waals surface area contributed by atoms with Crippen LogP contribution in [0.25, 0.3) is 0 Å². The van der Waals surface area contributed by atoms with Crippen molar-refractivity contribution in [3.63, 3.8) is 0 Å². The average Bonchev–Trinajstić information content (AvgIpc) is 2.79. The Morgan fingerprint density at radius 1 is 1.69 bits per heavy atom. The SMILES string of the molecule is O=C(O)c1cnccc1SCC1CCCO1. The van der Waals surface area contributed by atoms with Crippen molar-refractivity contribution in [3.8, 4) is 0 Å². The first-order chi connectivity index (χ1) is 7.77. The van der Waals surface area contributed by atoms with E-state index >= 15 is 0 Å². The molecule has 0 spiro atoms. The van der Waals surface area contributed by atoms with Crippen LogP contribution in [0.1, 0.15) is 23.2 Å². The Balaban J connectivity index is 2.00. The smallest absolute Gasteiger partial charge is 0.338 e. The molecule has 1 N–H and O–H groups in total. The Morgan fingerprint density at radius 3 is 3.25 bits per heavy atom. The zero-order valence-electron chi connectivity index (χ0n) is 8.76. The lowest BCUT2D eigenvalue weighted by molar-refractivity contribution is 0.0692. The molecule has 1 aliphatic heterocycles. The van der Waals surface area contributed by atoms with Crippen LogP contribution in [-0.4, -0.2) is 34.5 Å². The van der Waals surface area contributed by atoms with Crippen molar-refractivity contribution in [1.29, 1.82) is 0 Å². The Hall–Kier alpha value is -1.07. The molecule has 0 aliphatic carbocycles. The highest BCUT2D eigenvalue weighted by Gasteiger charge is 2.17. The molecule has 0 aromatic carbocycles. The third-order valence-electron chi connectivity index (χ3n) is 2.46. The molecule has 1 aromatic heterocycles. The van der Waals surface area contributed by atoms with Crippen LogP contribution in [0, 0.1) is 0 Å². The van der Waals surface area contributed by atoms with E-state index < -0.39 is 5.97 Å². The summed E-state index contributed by atoms with van der Waals surface area (Å²) in [5, 5.41) is 8.97. The van der Waals surface area contributed by atoms with Gasteiger partial charge in [0, 0.05) is 29.6 Å². The van der Waals surface area contributed by atoms with Crippen LogP contribution in [0.5, 0.6) is 0 Å². The molecule has 0 amide bonds. The third-order valence-corrected chi connectivity index (χ3v) is 3.67. The number of nitrogens with zero attached hydrogens (tertiary/aromatic N) is 1. The molecule has 0 saturated carbocycles. The molecule has 2 heterocycles. The topological polar surface area (TPSA) is 59.4 Å². The fourth-order valence-electron chi connectivity index (χ4n) is 1.63. The average molecular weight is 239 g/mol. The number of hydrogen-bond donors (Lipinski definition) is 1. The summed E-state index contributed by atoms with van der Waals surface area (Å²) in [5.41, 5.74) is 0.269. The van der Waals surface area contributed by atoms with Gasteiger partial charge in [-0.05, 0) is 18.9 Å². The maximum absolute atomic E-state index is 10.9. The molecule has 86 valence electrons. The fraction of sp³-hybridized carbons (Fsp3) is 0.455. The standard InChI is InChI=1S/C11H13NO3S/c13-11(14)9-6-12-4-3-10(9)16-7-8-2-1-5-15-8/h3-4,6,8H,1-2,5,7H2,(H,13,14). The summed E-state index contributed by atoms with van der Waals surface area (Å²) < 4.78 is 5.49.